The van der Waals surface area contributed by atoms with Crippen LogP contribution in [0, 0.1) is 12.8 Å². The summed E-state index contributed by atoms with van der Waals surface area (Å²) in [6.07, 6.45) is 0. The number of benzene rings is 1. The molecule has 1 aliphatic heterocycles. The molecule has 110 valence electrons. The summed E-state index contributed by atoms with van der Waals surface area (Å²) in [5.74, 6) is 2.35. The molecular weight excluding hydrogens is 268 g/mol. The topological polar surface area (TPSA) is 32.3 Å². The van der Waals surface area contributed by atoms with Gasteiger partial charge in [0, 0.05) is 30.5 Å². The van der Waals surface area contributed by atoms with Crippen molar-refractivity contribution >= 4 is 17.7 Å². The quantitative estimate of drug-likeness (QED) is 0.925. The summed E-state index contributed by atoms with van der Waals surface area (Å²) in [6.45, 7) is 5.70. The molecule has 1 aliphatic rings. The third kappa shape index (κ3) is 3.55. The van der Waals surface area contributed by atoms with Gasteiger partial charge in [-0.2, -0.15) is 11.8 Å². The van der Waals surface area contributed by atoms with Crippen molar-refractivity contribution in [2.45, 2.75) is 19.9 Å². The first-order valence-electron chi connectivity index (χ1n) is 7.23. The highest BCUT2D eigenvalue weighted by Crippen LogP contribution is 2.30. The third-order valence-electron chi connectivity index (χ3n) is 3.81. The van der Waals surface area contributed by atoms with Crippen molar-refractivity contribution in [3.63, 3.8) is 0 Å². The van der Waals surface area contributed by atoms with E-state index in [2.05, 4.69) is 41.4 Å². The molecule has 1 aromatic carbocycles. The Balaban J connectivity index is 2.16. The van der Waals surface area contributed by atoms with E-state index in [-0.39, 0.29) is 17.9 Å². The van der Waals surface area contributed by atoms with Crippen molar-refractivity contribution in [1.29, 1.82) is 0 Å². The lowest BCUT2D eigenvalue weighted by molar-refractivity contribution is -0.136. The number of hydrogen-bond acceptors (Lipinski definition) is 3. The number of carbonyl (C=O) groups is 1. The molecule has 1 amide bonds. The van der Waals surface area contributed by atoms with E-state index in [1.54, 1.807) is 0 Å². The lowest BCUT2D eigenvalue weighted by Gasteiger charge is -2.37. The molecule has 4 heteroatoms. The van der Waals surface area contributed by atoms with Gasteiger partial charge in [-0.1, -0.05) is 36.8 Å². The van der Waals surface area contributed by atoms with Crippen LogP contribution in [0.25, 0.3) is 0 Å². The summed E-state index contributed by atoms with van der Waals surface area (Å²) in [5, 5.41) is 3.10. The fourth-order valence-corrected chi connectivity index (χ4v) is 3.70. The standard InChI is InChI=1S/C16H24N2OS/c1-12-4-6-14(7-5-12)15-11-20-9-8-18(15)16(19)13(2)10-17-3/h4-7,13,15,17H,8-11H2,1-3H3. The third-order valence-corrected chi connectivity index (χ3v) is 4.83. The van der Waals surface area contributed by atoms with Crippen LogP contribution in [0.2, 0.25) is 0 Å². The van der Waals surface area contributed by atoms with E-state index in [1.165, 1.54) is 11.1 Å². The van der Waals surface area contributed by atoms with Crippen molar-refractivity contribution < 1.29 is 4.79 Å². The van der Waals surface area contributed by atoms with Crippen LogP contribution in [0.5, 0.6) is 0 Å². The van der Waals surface area contributed by atoms with Crippen molar-refractivity contribution in [3.05, 3.63) is 35.4 Å². The average Bonchev–Trinajstić information content (AvgIpc) is 2.47. The van der Waals surface area contributed by atoms with E-state index in [0.29, 0.717) is 0 Å². The summed E-state index contributed by atoms with van der Waals surface area (Å²) < 4.78 is 0. The molecule has 0 spiro atoms. The molecule has 2 unspecified atom stereocenters. The zero-order valence-corrected chi connectivity index (χ0v) is 13.4. The molecule has 0 aromatic heterocycles. The van der Waals surface area contributed by atoms with Gasteiger partial charge in [-0.3, -0.25) is 4.79 Å². The van der Waals surface area contributed by atoms with Gasteiger partial charge in [0.15, 0.2) is 0 Å². The number of carbonyl (C=O) groups excluding carboxylic acids is 1. The predicted octanol–water partition coefficient (Wildman–Crippen LogP) is 2.47. The van der Waals surface area contributed by atoms with Crippen molar-refractivity contribution in [1.82, 2.24) is 10.2 Å². The van der Waals surface area contributed by atoms with Gasteiger partial charge >= 0.3 is 0 Å². The van der Waals surface area contributed by atoms with Crippen LogP contribution >= 0.6 is 11.8 Å². The summed E-state index contributed by atoms with van der Waals surface area (Å²) in [7, 11) is 1.90. The van der Waals surface area contributed by atoms with E-state index in [0.717, 1.165) is 24.6 Å². The summed E-state index contributed by atoms with van der Waals surface area (Å²) >= 11 is 1.94. The Morgan fingerprint density at radius 3 is 2.80 bits per heavy atom. The SMILES string of the molecule is CNCC(C)C(=O)N1CCSCC1c1ccc(C)cc1. The molecule has 1 heterocycles. The summed E-state index contributed by atoms with van der Waals surface area (Å²) in [5.41, 5.74) is 2.52. The first kappa shape index (κ1) is 15.4. The van der Waals surface area contributed by atoms with Gasteiger partial charge in [0.2, 0.25) is 5.91 Å². The van der Waals surface area contributed by atoms with Crippen LogP contribution in [-0.2, 0) is 4.79 Å². The molecule has 0 saturated carbocycles. The van der Waals surface area contributed by atoms with Crippen molar-refractivity contribution in [2.75, 3.05) is 31.6 Å². The average molecular weight is 292 g/mol. The second-order valence-corrected chi connectivity index (χ2v) is 6.64. The maximum absolute atomic E-state index is 12.6. The molecule has 0 radical (unpaired) electrons. The molecule has 0 bridgehead atoms. The Bertz CT molecular complexity index is 446. The Labute approximate surface area is 126 Å². The second kappa shape index (κ2) is 7.14. The molecule has 1 saturated heterocycles. The van der Waals surface area contributed by atoms with Gasteiger partial charge in [0.05, 0.1) is 6.04 Å². The van der Waals surface area contributed by atoms with Crippen LogP contribution in [0.15, 0.2) is 24.3 Å². The number of hydrogen-bond donors (Lipinski definition) is 1. The van der Waals surface area contributed by atoms with Crippen molar-refractivity contribution in [2.24, 2.45) is 5.92 Å². The highest BCUT2D eigenvalue weighted by molar-refractivity contribution is 7.99. The van der Waals surface area contributed by atoms with E-state index in [9.17, 15) is 4.79 Å². The first-order valence-corrected chi connectivity index (χ1v) is 8.38. The van der Waals surface area contributed by atoms with Crippen LogP contribution < -0.4 is 5.32 Å². The molecular formula is C16H24N2OS. The number of amides is 1. The Morgan fingerprint density at radius 2 is 2.15 bits per heavy atom. The fraction of sp³-hybridized carbons (Fsp3) is 0.562. The highest BCUT2D eigenvalue weighted by Gasteiger charge is 2.30. The molecule has 3 nitrogen and oxygen atoms in total. The molecule has 20 heavy (non-hydrogen) atoms. The Morgan fingerprint density at radius 1 is 1.45 bits per heavy atom. The number of nitrogens with one attached hydrogen (secondary N) is 1. The normalized spacial score (nSPS) is 20.8. The Hall–Kier alpha value is -1.00. The summed E-state index contributed by atoms with van der Waals surface area (Å²) in [4.78, 5) is 14.7. The number of rotatable bonds is 4. The second-order valence-electron chi connectivity index (χ2n) is 5.49. The van der Waals surface area contributed by atoms with E-state index < -0.39 is 0 Å². The molecule has 2 atom stereocenters. The molecule has 1 aromatic rings. The van der Waals surface area contributed by atoms with Crippen LogP contribution in [0.4, 0.5) is 0 Å². The number of thioether (sulfide) groups is 1. The highest BCUT2D eigenvalue weighted by atomic mass is 32.2. The molecule has 1 N–H and O–H groups in total. The lowest BCUT2D eigenvalue weighted by atomic mass is 10.0. The van der Waals surface area contributed by atoms with E-state index in [1.807, 2.05) is 25.7 Å². The van der Waals surface area contributed by atoms with Crippen LogP contribution in [0.1, 0.15) is 24.1 Å². The minimum absolute atomic E-state index is 0.0380. The minimum Gasteiger partial charge on any atom is -0.334 e. The number of nitrogens with zero attached hydrogens (tertiary/aromatic N) is 1. The largest absolute Gasteiger partial charge is 0.334 e. The van der Waals surface area contributed by atoms with Gasteiger partial charge in [0.1, 0.15) is 0 Å². The zero-order chi connectivity index (χ0) is 14.5. The van der Waals surface area contributed by atoms with Crippen LogP contribution in [-0.4, -0.2) is 42.4 Å². The maximum atomic E-state index is 12.6. The lowest BCUT2D eigenvalue weighted by Crippen LogP contribution is -2.45. The van der Waals surface area contributed by atoms with E-state index >= 15 is 0 Å². The molecule has 2 rings (SSSR count). The predicted molar refractivity (Wildman–Crippen MR) is 86.0 cm³/mol. The monoisotopic (exact) mass is 292 g/mol. The van der Waals surface area contributed by atoms with Gasteiger partial charge < -0.3 is 10.2 Å². The minimum atomic E-state index is 0.0380. The zero-order valence-electron chi connectivity index (χ0n) is 12.6. The van der Waals surface area contributed by atoms with Crippen LogP contribution in [0.3, 0.4) is 0 Å². The van der Waals surface area contributed by atoms with Crippen molar-refractivity contribution in [3.8, 4) is 0 Å². The van der Waals surface area contributed by atoms with Gasteiger partial charge in [0.25, 0.3) is 0 Å². The van der Waals surface area contributed by atoms with E-state index in [4.69, 9.17) is 0 Å². The Kier molecular flexibility index (Phi) is 5.49. The maximum Gasteiger partial charge on any atom is 0.227 e. The van der Waals surface area contributed by atoms with Gasteiger partial charge in [-0.25, -0.2) is 0 Å². The smallest absolute Gasteiger partial charge is 0.227 e. The fourth-order valence-electron chi connectivity index (χ4n) is 2.61. The van der Waals surface area contributed by atoms with Gasteiger partial charge in [-0.05, 0) is 19.5 Å². The van der Waals surface area contributed by atoms with Gasteiger partial charge in [-0.15, -0.1) is 0 Å². The first-order chi connectivity index (χ1) is 9.63. The molecule has 0 aliphatic carbocycles. The molecule has 1 fully saturated rings. The summed E-state index contributed by atoms with van der Waals surface area (Å²) in [6, 6.07) is 8.81. The number of aryl methyl sites for hydroxylation is 1.